The highest BCUT2D eigenvalue weighted by Crippen LogP contribution is 2.13. The highest BCUT2D eigenvalue weighted by atomic mass is 32.2. The van der Waals surface area contributed by atoms with E-state index in [9.17, 15) is 8.42 Å². The summed E-state index contributed by atoms with van der Waals surface area (Å²) < 4.78 is 28.0. The summed E-state index contributed by atoms with van der Waals surface area (Å²) in [6, 6.07) is 5.41. The maximum absolute atomic E-state index is 12.0. The van der Waals surface area contributed by atoms with Crippen LogP contribution in [0.1, 0.15) is 11.3 Å². The fraction of sp³-hybridized carbons (Fsp3) is 0.333. The van der Waals surface area contributed by atoms with E-state index < -0.39 is 10.0 Å². The highest BCUT2D eigenvalue weighted by Gasteiger charge is 2.15. The second-order valence-corrected chi connectivity index (χ2v) is 6.21. The predicted octanol–water partition coefficient (Wildman–Crippen LogP) is 0.258. The summed E-state index contributed by atoms with van der Waals surface area (Å²) in [6.07, 6.45) is 3.68. The van der Waals surface area contributed by atoms with Crippen LogP contribution in [0.15, 0.2) is 30.6 Å². The Balaban J connectivity index is 2.04. The molecule has 3 N–H and O–H groups in total. The van der Waals surface area contributed by atoms with Crippen LogP contribution in [0.2, 0.25) is 0 Å². The summed E-state index contributed by atoms with van der Waals surface area (Å²) in [6.45, 7) is 0.228. The normalized spacial score (nSPS) is 11.5. The van der Waals surface area contributed by atoms with Gasteiger partial charge in [0.2, 0.25) is 10.0 Å². The van der Waals surface area contributed by atoms with Crippen LogP contribution in [0, 0.1) is 0 Å². The number of hydrogen-bond acceptors (Lipinski definition) is 5. The van der Waals surface area contributed by atoms with Gasteiger partial charge in [-0.1, -0.05) is 6.07 Å². The summed E-state index contributed by atoms with van der Waals surface area (Å²) in [4.78, 5) is 4.09. The predicted molar refractivity (Wildman–Crippen MR) is 76.4 cm³/mol. The molecule has 0 amide bonds. The zero-order chi connectivity index (χ0) is 14.6. The molecule has 0 aliphatic heterocycles. The Morgan fingerprint density at radius 2 is 2.20 bits per heavy atom. The van der Waals surface area contributed by atoms with Crippen molar-refractivity contribution in [2.45, 2.75) is 13.0 Å². The van der Waals surface area contributed by atoms with E-state index in [0.29, 0.717) is 12.0 Å². The van der Waals surface area contributed by atoms with Gasteiger partial charge in [0.1, 0.15) is 0 Å². The van der Waals surface area contributed by atoms with Crippen LogP contribution in [0.5, 0.6) is 0 Å². The summed E-state index contributed by atoms with van der Waals surface area (Å²) in [5.41, 5.74) is 6.94. The Kier molecular flexibility index (Phi) is 4.35. The van der Waals surface area contributed by atoms with Gasteiger partial charge in [-0.3, -0.25) is 14.4 Å². The summed E-state index contributed by atoms with van der Waals surface area (Å²) >= 11 is 0. The zero-order valence-corrected chi connectivity index (χ0v) is 12.0. The monoisotopic (exact) mass is 295 g/mol. The van der Waals surface area contributed by atoms with Gasteiger partial charge in [0.25, 0.3) is 0 Å². The van der Waals surface area contributed by atoms with Crippen LogP contribution in [-0.2, 0) is 30.0 Å². The van der Waals surface area contributed by atoms with Crippen molar-refractivity contribution in [2.24, 2.45) is 12.8 Å². The van der Waals surface area contributed by atoms with E-state index in [4.69, 9.17) is 5.73 Å². The van der Waals surface area contributed by atoms with E-state index in [0.717, 1.165) is 5.69 Å². The molecule has 0 saturated carbocycles. The van der Waals surface area contributed by atoms with Crippen molar-refractivity contribution in [1.29, 1.82) is 0 Å². The minimum atomic E-state index is -3.47. The minimum Gasteiger partial charge on any atom is -0.326 e. The number of pyridine rings is 1. The van der Waals surface area contributed by atoms with Crippen molar-refractivity contribution in [1.82, 2.24) is 14.8 Å². The molecule has 2 aromatic rings. The molecule has 0 bridgehead atoms. The number of rotatable bonds is 6. The van der Waals surface area contributed by atoms with Crippen LogP contribution in [0.25, 0.3) is 0 Å². The lowest BCUT2D eigenvalue weighted by Gasteiger charge is -2.06. The number of nitrogens with one attached hydrogen (secondary N) is 1. The number of nitrogens with two attached hydrogens (primary N) is 1. The molecular formula is C12H17N5O2S. The lowest BCUT2D eigenvalue weighted by atomic mass is 10.3. The second kappa shape index (κ2) is 6.02. The Hall–Kier alpha value is -1.93. The zero-order valence-electron chi connectivity index (χ0n) is 11.2. The molecule has 0 spiro atoms. The first-order valence-electron chi connectivity index (χ1n) is 6.13. The maximum Gasteiger partial charge on any atom is 0.234 e. The molecule has 108 valence electrons. The van der Waals surface area contributed by atoms with Crippen LogP contribution < -0.4 is 10.5 Å². The number of aromatic nitrogens is 3. The molecule has 2 heterocycles. The molecule has 2 rings (SSSR count). The fourth-order valence-corrected chi connectivity index (χ4v) is 2.80. The van der Waals surface area contributed by atoms with Gasteiger partial charge < -0.3 is 5.73 Å². The van der Waals surface area contributed by atoms with Gasteiger partial charge in [0.15, 0.2) is 5.82 Å². The Morgan fingerprint density at radius 1 is 1.40 bits per heavy atom. The van der Waals surface area contributed by atoms with Gasteiger partial charge in [0.05, 0.1) is 5.75 Å². The van der Waals surface area contributed by atoms with Gasteiger partial charge in [-0.25, -0.2) is 8.42 Å². The van der Waals surface area contributed by atoms with Crippen LogP contribution >= 0.6 is 0 Å². The lowest BCUT2D eigenvalue weighted by molar-refractivity contribution is 0.599. The molecule has 0 aromatic carbocycles. The number of anilines is 1. The molecule has 20 heavy (non-hydrogen) atoms. The molecule has 2 aromatic heterocycles. The molecular weight excluding hydrogens is 278 g/mol. The van der Waals surface area contributed by atoms with Gasteiger partial charge in [-0.2, -0.15) is 5.10 Å². The van der Waals surface area contributed by atoms with Gasteiger partial charge in [-0.05, 0) is 12.1 Å². The van der Waals surface area contributed by atoms with E-state index in [-0.39, 0.29) is 18.1 Å². The van der Waals surface area contributed by atoms with Gasteiger partial charge in [-0.15, -0.1) is 0 Å². The fourth-order valence-electron chi connectivity index (χ4n) is 1.76. The third-order valence-electron chi connectivity index (χ3n) is 2.73. The summed E-state index contributed by atoms with van der Waals surface area (Å²) in [5.74, 6) is 0.237. The molecule has 0 radical (unpaired) electrons. The molecule has 0 unspecified atom stereocenters. The first kappa shape index (κ1) is 14.5. The topological polar surface area (TPSA) is 103 Å². The van der Waals surface area contributed by atoms with Crippen LogP contribution in [-0.4, -0.2) is 28.9 Å². The van der Waals surface area contributed by atoms with Crippen molar-refractivity contribution < 1.29 is 8.42 Å². The standard InChI is InChI=1S/C12H17N5O2S/c1-17-9-10(8-13)12(15-17)16-20(18,19)7-5-11-4-2-3-6-14-11/h2-4,6,9H,5,7-8,13H2,1H3,(H,15,16). The van der Waals surface area contributed by atoms with Crippen molar-refractivity contribution >= 4 is 15.8 Å². The van der Waals surface area contributed by atoms with E-state index in [2.05, 4.69) is 14.8 Å². The maximum atomic E-state index is 12.0. The molecule has 0 fully saturated rings. The average Bonchev–Trinajstić information content (AvgIpc) is 2.77. The third kappa shape index (κ3) is 3.78. The number of aryl methyl sites for hydroxylation is 2. The van der Waals surface area contributed by atoms with E-state index in [1.165, 1.54) is 4.68 Å². The van der Waals surface area contributed by atoms with Crippen molar-refractivity contribution in [3.05, 3.63) is 41.9 Å². The first-order chi connectivity index (χ1) is 9.50. The van der Waals surface area contributed by atoms with Crippen molar-refractivity contribution in [3.63, 3.8) is 0 Å². The quantitative estimate of drug-likeness (QED) is 0.795. The Bertz CT molecular complexity index is 666. The van der Waals surface area contributed by atoms with Crippen LogP contribution in [0.3, 0.4) is 0 Å². The third-order valence-corrected chi connectivity index (χ3v) is 3.98. The number of nitrogens with zero attached hydrogens (tertiary/aromatic N) is 3. The van der Waals surface area contributed by atoms with Crippen molar-refractivity contribution in [3.8, 4) is 0 Å². The van der Waals surface area contributed by atoms with E-state index in [1.54, 1.807) is 31.6 Å². The Morgan fingerprint density at radius 3 is 2.85 bits per heavy atom. The highest BCUT2D eigenvalue weighted by molar-refractivity contribution is 7.92. The smallest absolute Gasteiger partial charge is 0.234 e. The number of hydrogen-bond donors (Lipinski definition) is 2. The number of sulfonamides is 1. The summed E-state index contributed by atoms with van der Waals surface area (Å²) in [7, 11) is -1.76. The van der Waals surface area contributed by atoms with Crippen molar-refractivity contribution in [2.75, 3.05) is 10.5 Å². The Labute approximate surface area is 117 Å². The van der Waals surface area contributed by atoms with E-state index >= 15 is 0 Å². The first-order valence-corrected chi connectivity index (χ1v) is 7.78. The lowest BCUT2D eigenvalue weighted by Crippen LogP contribution is -2.20. The molecule has 0 aliphatic rings. The minimum absolute atomic E-state index is 0.0510. The SMILES string of the molecule is Cn1cc(CN)c(NS(=O)(=O)CCc2ccccn2)n1. The molecule has 8 heteroatoms. The van der Waals surface area contributed by atoms with E-state index in [1.807, 2.05) is 6.07 Å². The largest absolute Gasteiger partial charge is 0.326 e. The molecule has 0 aliphatic carbocycles. The van der Waals surface area contributed by atoms with Crippen LogP contribution in [0.4, 0.5) is 5.82 Å². The summed E-state index contributed by atoms with van der Waals surface area (Å²) in [5, 5.41) is 4.05. The van der Waals surface area contributed by atoms with Gasteiger partial charge in [0, 0.05) is 43.7 Å². The van der Waals surface area contributed by atoms with Gasteiger partial charge >= 0.3 is 0 Å². The second-order valence-electron chi connectivity index (χ2n) is 4.37. The molecule has 0 atom stereocenters. The molecule has 7 nitrogen and oxygen atoms in total. The average molecular weight is 295 g/mol. The molecule has 0 saturated heterocycles.